The van der Waals surface area contributed by atoms with Crippen molar-refractivity contribution in [2.75, 3.05) is 0 Å². The quantitative estimate of drug-likeness (QED) is 0.929. The molecule has 0 fully saturated rings. The van der Waals surface area contributed by atoms with Gasteiger partial charge in [-0.3, -0.25) is 0 Å². The van der Waals surface area contributed by atoms with Crippen LogP contribution in [0.4, 0.5) is 4.39 Å². The van der Waals surface area contributed by atoms with E-state index in [0.717, 1.165) is 22.8 Å². The lowest BCUT2D eigenvalue weighted by Gasteiger charge is -2.06. The van der Waals surface area contributed by atoms with Gasteiger partial charge in [-0.15, -0.1) is 0 Å². The summed E-state index contributed by atoms with van der Waals surface area (Å²) in [7, 11) is 1.93. The molecule has 0 aliphatic heterocycles. The van der Waals surface area contributed by atoms with Crippen molar-refractivity contribution in [3.05, 3.63) is 51.8 Å². The highest BCUT2D eigenvalue weighted by molar-refractivity contribution is 6.30. The molecule has 3 nitrogen and oxygen atoms in total. The average Bonchev–Trinajstić information content (AvgIpc) is 2.61. The molecule has 0 bridgehead atoms. The van der Waals surface area contributed by atoms with Crippen LogP contribution in [0.2, 0.25) is 5.02 Å². The van der Waals surface area contributed by atoms with Gasteiger partial charge < -0.3 is 10.3 Å². The Bertz CT molecular complexity index is 578. The van der Waals surface area contributed by atoms with E-state index in [-0.39, 0.29) is 5.02 Å². The molecule has 0 radical (unpaired) electrons. The molecule has 0 saturated heterocycles. The molecule has 2 aromatic rings. The zero-order chi connectivity index (χ0) is 13.3. The van der Waals surface area contributed by atoms with Gasteiger partial charge in [-0.05, 0) is 24.6 Å². The van der Waals surface area contributed by atoms with E-state index in [9.17, 15) is 4.39 Å². The first kappa shape index (κ1) is 13.1. The Labute approximate surface area is 110 Å². The van der Waals surface area contributed by atoms with E-state index >= 15 is 0 Å². The third-order valence-corrected chi connectivity index (χ3v) is 3.33. The predicted molar refractivity (Wildman–Crippen MR) is 70.1 cm³/mol. The van der Waals surface area contributed by atoms with Crippen molar-refractivity contribution in [2.45, 2.75) is 19.9 Å². The van der Waals surface area contributed by atoms with Crippen molar-refractivity contribution in [1.82, 2.24) is 9.55 Å². The largest absolute Gasteiger partial charge is 0.333 e. The standard InChI is InChI=1S/C13H15ClFN3/c1-8-12(18(2)13(7-16)17-8)6-9-3-4-11(15)10(14)5-9/h3-5H,6-7,16H2,1-2H3. The molecule has 2 rings (SSSR count). The first-order valence-corrected chi connectivity index (χ1v) is 6.05. The van der Waals surface area contributed by atoms with Crippen LogP contribution in [-0.4, -0.2) is 9.55 Å². The number of rotatable bonds is 3. The molecule has 0 aliphatic rings. The highest BCUT2D eigenvalue weighted by Gasteiger charge is 2.11. The summed E-state index contributed by atoms with van der Waals surface area (Å²) in [6, 6.07) is 4.76. The van der Waals surface area contributed by atoms with Crippen LogP contribution in [0, 0.1) is 12.7 Å². The second-order valence-electron chi connectivity index (χ2n) is 4.25. The number of benzene rings is 1. The summed E-state index contributed by atoms with van der Waals surface area (Å²) < 4.78 is 15.1. The monoisotopic (exact) mass is 267 g/mol. The molecule has 0 amide bonds. The summed E-state index contributed by atoms with van der Waals surface area (Å²) in [5.74, 6) is 0.445. The second-order valence-corrected chi connectivity index (χ2v) is 4.66. The average molecular weight is 268 g/mol. The first-order chi connectivity index (χ1) is 8.52. The van der Waals surface area contributed by atoms with E-state index in [1.807, 2.05) is 18.5 Å². The van der Waals surface area contributed by atoms with Crippen molar-refractivity contribution >= 4 is 11.6 Å². The minimum atomic E-state index is -0.398. The molecule has 96 valence electrons. The van der Waals surface area contributed by atoms with E-state index in [2.05, 4.69) is 4.98 Å². The minimum absolute atomic E-state index is 0.145. The van der Waals surface area contributed by atoms with Crippen molar-refractivity contribution in [1.29, 1.82) is 0 Å². The maximum Gasteiger partial charge on any atom is 0.141 e. The van der Waals surface area contributed by atoms with Gasteiger partial charge in [0.15, 0.2) is 0 Å². The Morgan fingerprint density at radius 2 is 2.17 bits per heavy atom. The Kier molecular flexibility index (Phi) is 3.68. The fourth-order valence-electron chi connectivity index (χ4n) is 2.00. The molecule has 0 unspecified atom stereocenters. The van der Waals surface area contributed by atoms with E-state index in [1.54, 1.807) is 12.1 Å². The zero-order valence-corrected chi connectivity index (χ0v) is 11.1. The highest BCUT2D eigenvalue weighted by atomic mass is 35.5. The van der Waals surface area contributed by atoms with Crippen molar-refractivity contribution in [2.24, 2.45) is 12.8 Å². The maximum absolute atomic E-state index is 13.1. The second kappa shape index (κ2) is 5.08. The number of nitrogens with two attached hydrogens (primary N) is 1. The van der Waals surface area contributed by atoms with E-state index < -0.39 is 5.82 Å². The minimum Gasteiger partial charge on any atom is -0.333 e. The number of aromatic nitrogens is 2. The van der Waals surface area contributed by atoms with Gasteiger partial charge in [-0.25, -0.2) is 9.37 Å². The molecule has 1 aromatic heterocycles. The number of aryl methyl sites for hydroxylation is 1. The summed E-state index contributed by atoms with van der Waals surface area (Å²) >= 11 is 5.77. The van der Waals surface area contributed by atoms with E-state index in [0.29, 0.717) is 13.0 Å². The van der Waals surface area contributed by atoms with Crippen LogP contribution in [0.1, 0.15) is 22.8 Å². The summed E-state index contributed by atoms with van der Waals surface area (Å²) in [6.45, 7) is 2.35. The van der Waals surface area contributed by atoms with Gasteiger partial charge in [0.05, 0.1) is 17.3 Å². The maximum atomic E-state index is 13.1. The smallest absolute Gasteiger partial charge is 0.141 e. The topological polar surface area (TPSA) is 43.8 Å². The van der Waals surface area contributed by atoms with Crippen molar-refractivity contribution in [3.63, 3.8) is 0 Å². The van der Waals surface area contributed by atoms with Crippen LogP contribution in [0.3, 0.4) is 0 Å². The first-order valence-electron chi connectivity index (χ1n) is 5.68. The zero-order valence-electron chi connectivity index (χ0n) is 10.4. The van der Waals surface area contributed by atoms with E-state index in [1.165, 1.54) is 6.07 Å². The number of halogens is 2. The predicted octanol–water partition coefficient (Wildman–Crippen LogP) is 2.57. The van der Waals surface area contributed by atoms with E-state index in [4.69, 9.17) is 17.3 Å². The van der Waals surface area contributed by atoms with Gasteiger partial charge in [0.25, 0.3) is 0 Å². The molecule has 0 aliphatic carbocycles. The summed E-state index contributed by atoms with van der Waals surface area (Å²) in [4.78, 5) is 4.40. The van der Waals surface area contributed by atoms with Crippen molar-refractivity contribution in [3.8, 4) is 0 Å². The van der Waals surface area contributed by atoms with Gasteiger partial charge in [0.2, 0.25) is 0 Å². The van der Waals surface area contributed by atoms with Crippen LogP contribution < -0.4 is 5.73 Å². The number of nitrogens with zero attached hydrogens (tertiary/aromatic N) is 2. The Hall–Kier alpha value is -1.39. The lowest BCUT2D eigenvalue weighted by Crippen LogP contribution is -2.07. The molecular formula is C13H15ClFN3. The van der Waals surface area contributed by atoms with Gasteiger partial charge >= 0.3 is 0 Å². The highest BCUT2D eigenvalue weighted by Crippen LogP contribution is 2.20. The van der Waals surface area contributed by atoms with Crippen LogP contribution in [0.15, 0.2) is 18.2 Å². The summed E-state index contributed by atoms with van der Waals surface area (Å²) in [5, 5.41) is 0.145. The van der Waals surface area contributed by atoms with Crippen LogP contribution in [-0.2, 0) is 20.0 Å². The lowest BCUT2D eigenvalue weighted by atomic mass is 10.1. The van der Waals surface area contributed by atoms with Crippen LogP contribution in [0.5, 0.6) is 0 Å². The fraction of sp³-hybridized carbons (Fsp3) is 0.308. The third kappa shape index (κ3) is 2.40. The lowest BCUT2D eigenvalue weighted by molar-refractivity contribution is 0.627. The Morgan fingerprint density at radius 1 is 1.44 bits per heavy atom. The molecule has 5 heteroatoms. The van der Waals surface area contributed by atoms with Crippen molar-refractivity contribution < 1.29 is 4.39 Å². The molecule has 0 atom stereocenters. The Morgan fingerprint density at radius 3 is 2.72 bits per heavy atom. The van der Waals surface area contributed by atoms with Gasteiger partial charge in [-0.2, -0.15) is 0 Å². The SMILES string of the molecule is Cc1nc(CN)n(C)c1Cc1ccc(F)c(Cl)c1. The fourth-order valence-corrected chi connectivity index (χ4v) is 2.21. The molecule has 2 N–H and O–H groups in total. The number of imidazole rings is 1. The molecule has 18 heavy (non-hydrogen) atoms. The normalized spacial score (nSPS) is 10.9. The molecule has 1 aromatic carbocycles. The Balaban J connectivity index is 2.33. The van der Waals surface area contributed by atoms with Gasteiger partial charge in [-0.1, -0.05) is 17.7 Å². The molecule has 0 saturated carbocycles. The number of hydrogen-bond donors (Lipinski definition) is 1. The van der Waals surface area contributed by atoms with Crippen LogP contribution >= 0.6 is 11.6 Å². The summed E-state index contributed by atoms with van der Waals surface area (Å²) in [6.07, 6.45) is 0.662. The molecular weight excluding hydrogens is 253 g/mol. The van der Waals surface area contributed by atoms with Crippen LogP contribution in [0.25, 0.3) is 0 Å². The molecule has 1 heterocycles. The number of hydrogen-bond acceptors (Lipinski definition) is 2. The van der Waals surface area contributed by atoms with Gasteiger partial charge in [0.1, 0.15) is 11.6 Å². The molecule has 0 spiro atoms. The summed E-state index contributed by atoms with van der Waals surface area (Å²) in [5.41, 5.74) is 8.58. The third-order valence-electron chi connectivity index (χ3n) is 3.04. The van der Waals surface area contributed by atoms with Gasteiger partial charge in [0, 0.05) is 19.2 Å².